The van der Waals surface area contributed by atoms with Crippen molar-refractivity contribution in [2.24, 2.45) is 11.8 Å². The number of carbonyl (C=O) groups excluding carboxylic acids is 1. The zero-order chi connectivity index (χ0) is 13.6. The molecular weight excluding hydrogens is 236 g/mol. The fourth-order valence-corrected chi connectivity index (χ4v) is 3.07. The monoisotopic (exact) mass is 258 g/mol. The molecule has 1 amide bonds. The van der Waals surface area contributed by atoms with Gasteiger partial charge in [0.1, 0.15) is 6.04 Å². The van der Waals surface area contributed by atoms with Gasteiger partial charge in [0.2, 0.25) is 5.91 Å². The SMILES string of the molecule is CC(C)C1NC(c2ccccc2)C(=O)N1C1CC1C. The Labute approximate surface area is 115 Å². The Kier molecular flexibility index (Phi) is 3.09. The predicted octanol–water partition coefficient (Wildman–Crippen LogP) is 2.55. The molecule has 1 aliphatic heterocycles. The molecule has 1 saturated heterocycles. The molecule has 1 saturated carbocycles. The molecule has 0 bridgehead atoms. The van der Waals surface area contributed by atoms with E-state index in [4.69, 9.17) is 0 Å². The Morgan fingerprint density at radius 2 is 1.89 bits per heavy atom. The maximum absolute atomic E-state index is 12.7. The van der Waals surface area contributed by atoms with Gasteiger partial charge in [0.05, 0.1) is 6.17 Å². The van der Waals surface area contributed by atoms with Crippen LogP contribution < -0.4 is 5.32 Å². The van der Waals surface area contributed by atoms with Gasteiger partial charge < -0.3 is 4.90 Å². The third-order valence-corrected chi connectivity index (χ3v) is 4.33. The van der Waals surface area contributed by atoms with Crippen molar-refractivity contribution >= 4 is 5.91 Å². The van der Waals surface area contributed by atoms with Crippen LogP contribution >= 0.6 is 0 Å². The van der Waals surface area contributed by atoms with Gasteiger partial charge in [-0.3, -0.25) is 10.1 Å². The Balaban J connectivity index is 1.87. The van der Waals surface area contributed by atoms with Crippen LogP contribution in [0.3, 0.4) is 0 Å². The smallest absolute Gasteiger partial charge is 0.245 e. The Hall–Kier alpha value is -1.35. The first-order valence-electron chi connectivity index (χ1n) is 7.22. The molecule has 4 unspecified atom stereocenters. The molecule has 1 aliphatic carbocycles. The fourth-order valence-electron chi connectivity index (χ4n) is 3.07. The van der Waals surface area contributed by atoms with E-state index in [9.17, 15) is 4.79 Å². The number of carbonyl (C=O) groups is 1. The number of nitrogens with zero attached hydrogens (tertiary/aromatic N) is 1. The van der Waals surface area contributed by atoms with Crippen LogP contribution in [0.5, 0.6) is 0 Å². The molecule has 3 rings (SSSR count). The first-order chi connectivity index (χ1) is 9.09. The molecule has 1 aromatic carbocycles. The molecule has 102 valence electrons. The van der Waals surface area contributed by atoms with Crippen molar-refractivity contribution < 1.29 is 4.79 Å². The average Bonchev–Trinajstić information content (AvgIpc) is 3.00. The van der Waals surface area contributed by atoms with Gasteiger partial charge in [-0.05, 0) is 23.8 Å². The second kappa shape index (κ2) is 4.64. The summed E-state index contributed by atoms with van der Waals surface area (Å²) in [5, 5.41) is 3.52. The summed E-state index contributed by atoms with van der Waals surface area (Å²) in [4.78, 5) is 14.8. The van der Waals surface area contributed by atoms with E-state index in [1.54, 1.807) is 0 Å². The van der Waals surface area contributed by atoms with Gasteiger partial charge in [-0.15, -0.1) is 0 Å². The van der Waals surface area contributed by atoms with Crippen molar-refractivity contribution in [2.45, 2.75) is 45.4 Å². The lowest BCUT2D eigenvalue weighted by Gasteiger charge is -2.27. The number of nitrogens with one attached hydrogen (secondary N) is 1. The highest BCUT2D eigenvalue weighted by molar-refractivity contribution is 5.86. The van der Waals surface area contributed by atoms with Crippen molar-refractivity contribution in [1.29, 1.82) is 0 Å². The number of rotatable bonds is 3. The summed E-state index contributed by atoms with van der Waals surface area (Å²) in [6.07, 6.45) is 1.32. The second-order valence-corrected chi connectivity index (χ2v) is 6.23. The number of hydrogen-bond acceptors (Lipinski definition) is 2. The predicted molar refractivity (Wildman–Crippen MR) is 75.4 cm³/mol. The van der Waals surface area contributed by atoms with Crippen molar-refractivity contribution in [3.05, 3.63) is 35.9 Å². The molecule has 1 N–H and O–H groups in total. The minimum absolute atomic E-state index is 0.165. The van der Waals surface area contributed by atoms with Crippen LogP contribution in [0, 0.1) is 11.8 Å². The molecule has 0 spiro atoms. The molecule has 2 fully saturated rings. The number of amides is 1. The van der Waals surface area contributed by atoms with E-state index >= 15 is 0 Å². The second-order valence-electron chi connectivity index (χ2n) is 6.23. The number of benzene rings is 1. The van der Waals surface area contributed by atoms with Crippen molar-refractivity contribution in [1.82, 2.24) is 10.2 Å². The number of hydrogen-bond donors (Lipinski definition) is 1. The van der Waals surface area contributed by atoms with Crippen molar-refractivity contribution in [2.75, 3.05) is 0 Å². The quantitative estimate of drug-likeness (QED) is 0.903. The Morgan fingerprint density at radius 1 is 1.26 bits per heavy atom. The Bertz CT molecular complexity index is 471. The summed E-state index contributed by atoms with van der Waals surface area (Å²) in [5.74, 6) is 1.34. The molecule has 4 atom stereocenters. The van der Waals surface area contributed by atoms with Gasteiger partial charge in [0, 0.05) is 6.04 Å². The van der Waals surface area contributed by atoms with Crippen LogP contribution in [0.2, 0.25) is 0 Å². The molecular formula is C16H22N2O. The lowest BCUT2D eigenvalue weighted by Crippen LogP contribution is -2.43. The maximum Gasteiger partial charge on any atom is 0.245 e. The summed E-state index contributed by atoms with van der Waals surface area (Å²) < 4.78 is 0. The van der Waals surface area contributed by atoms with Gasteiger partial charge in [-0.25, -0.2) is 0 Å². The van der Waals surface area contributed by atoms with Crippen LogP contribution in [-0.4, -0.2) is 23.0 Å². The van der Waals surface area contributed by atoms with E-state index in [1.165, 1.54) is 0 Å². The van der Waals surface area contributed by atoms with Crippen LogP contribution in [0.15, 0.2) is 30.3 Å². The molecule has 3 nitrogen and oxygen atoms in total. The van der Waals surface area contributed by atoms with Crippen molar-refractivity contribution in [3.8, 4) is 0 Å². The van der Waals surface area contributed by atoms with Gasteiger partial charge in [-0.1, -0.05) is 51.1 Å². The van der Waals surface area contributed by atoms with Gasteiger partial charge in [-0.2, -0.15) is 0 Å². The van der Waals surface area contributed by atoms with E-state index in [2.05, 4.69) is 31.0 Å². The molecule has 1 aromatic rings. The highest BCUT2D eigenvalue weighted by Crippen LogP contribution is 2.41. The highest BCUT2D eigenvalue weighted by atomic mass is 16.2. The van der Waals surface area contributed by atoms with Crippen LogP contribution in [0.1, 0.15) is 38.8 Å². The third-order valence-electron chi connectivity index (χ3n) is 4.33. The van der Waals surface area contributed by atoms with E-state index in [1.807, 2.05) is 30.3 Å². The molecule has 3 heteroatoms. The molecule has 1 heterocycles. The summed E-state index contributed by atoms with van der Waals surface area (Å²) in [5.41, 5.74) is 1.08. The summed E-state index contributed by atoms with van der Waals surface area (Å²) in [7, 11) is 0. The van der Waals surface area contributed by atoms with E-state index in [0.717, 1.165) is 12.0 Å². The maximum atomic E-state index is 12.7. The minimum atomic E-state index is -0.165. The largest absolute Gasteiger partial charge is 0.322 e. The fraction of sp³-hybridized carbons (Fsp3) is 0.562. The standard InChI is InChI=1S/C16H22N2O/c1-10(2)15-17-14(12-7-5-4-6-8-12)16(19)18(15)13-9-11(13)3/h4-8,10-11,13-15,17H,9H2,1-3H3. The van der Waals surface area contributed by atoms with Crippen LogP contribution in [0.4, 0.5) is 0 Å². The topological polar surface area (TPSA) is 32.3 Å². The average molecular weight is 258 g/mol. The molecule has 0 aromatic heterocycles. The first kappa shape index (κ1) is 12.7. The van der Waals surface area contributed by atoms with Gasteiger partial charge in [0.15, 0.2) is 0 Å². The lowest BCUT2D eigenvalue weighted by molar-refractivity contribution is -0.131. The summed E-state index contributed by atoms with van der Waals surface area (Å²) in [6, 6.07) is 10.3. The van der Waals surface area contributed by atoms with E-state index < -0.39 is 0 Å². The summed E-state index contributed by atoms with van der Waals surface area (Å²) in [6.45, 7) is 6.59. The van der Waals surface area contributed by atoms with Crippen LogP contribution in [0.25, 0.3) is 0 Å². The first-order valence-corrected chi connectivity index (χ1v) is 7.22. The highest BCUT2D eigenvalue weighted by Gasteiger charge is 2.50. The minimum Gasteiger partial charge on any atom is -0.322 e. The third kappa shape index (κ3) is 2.16. The van der Waals surface area contributed by atoms with Gasteiger partial charge in [0.25, 0.3) is 0 Å². The molecule has 2 aliphatic rings. The van der Waals surface area contributed by atoms with E-state index in [-0.39, 0.29) is 18.1 Å². The van der Waals surface area contributed by atoms with Crippen LogP contribution in [-0.2, 0) is 4.79 Å². The summed E-state index contributed by atoms with van der Waals surface area (Å²) >= 11 is 0. The Morgan fingerprint density at radius 3 is 2.42 bits per heavy atom. The van der Waals surface area contributed by atoms with E-state index in [0.29, 0.717) is 17.9 Å². The molecule has 0 radical (unpaired) electrons. The normalized spacial score (nSPS) is 34.1. The zero-order valence-electron chi connectivity index (χ0n) is 11.8. The lowest BCUT2D eigenvalue weighted by atomic mass is 10.1. The molecule has 19 heavy (non-hydrogen) atoms. The zero-order valence-corrected chi connectivity index (χ0v) is 11.8. The van der Waals surface area contributed by atoms with Crippen molar-refractivity contribution in [3.63, 3.8) is 0 Å². The van der Waals surface area contributed by atoms with Gasteiger partial charge >= 0.3 is 0 Å².